The van der Waals surface area contributed by atoms with Crippen molar-refractivity contribution in [2.24, 2.45) is 0 Å². The molecule has 0 saturated carbocycles. The van der Waals surface area contributed by atoms with Gasteiger partial charge in [-0.1, -0.05) is 12.1 Å². The molecule has 0 spiro atoms. The topological polar surface area (TPSA) is 75.6 Å². The molecule has 96 valence electrons. The van der Waals surface area contributed by atoms with Crippen molar-refractivity contribution >= 4 is 34.6 Å². The zero-order valence-corrected chi connectivity index (χ0v) is 11.6. The van der Waals surface area contributed by atoms with Crippen molar-refractivity contribution in [3.05, 3.63) is 29.8 Å². The van der Waals surface area contributed by atoms with Crippen LogP contribution in [0, 0.1) is 6.92 Å². The lowest BCUT2D eigenvalue weighted by Gasteiger charge is -2.02. The highest BCUT2D eigenvalue weighted by molar-refractivity contribution is 8.04. The second-order valence-electron chi connectivity index (χ2n) is 2.89. The second kappa shape index (κ2) is 7.56. The van der Waals surface area contributed by atoms with Crippen LogP contribution in [0.15, 0.2) is 24.3 Å². The van der Waals surface area contributed by atoms with Crippen molar-refractivity contribution in [2.45, 2.75) is 6.92 Å². The molecule has 0 heterocycles. The van der Waals surface area contributed by atoms with E-state index >= 15 is 0 Å². The number of carbonyl (C=O) groups excluding carboxylic acids is 1. The molecule has 0 aliphatic heterocycles. The van der Waals surface area contributed by atoms with E-state index < -0.39 is 12.2 Å². The number of aryl methyl sites for hydroxylation is 1. The zero-order chi connectivity index (χ0) is 13.5. The van der Waals surface area contributed by atoms with E-state index in [1.165, 1.54) is 7.05 Å². The number of halogens is 2. The average molecular weight is 300 g/mol. The largest absolute Gasteiger partial charge is 0.412 e. The number of hydrogen-bond acceptors (Lipinski definition) is 3. The van der Waals surface area contributed by atoms with Gasteiger partial charge < -0.3 is 14.9 Å². The summed E-state index contributed by atoms with van der Waals surface area (Å²) in [6.07, 6.45) is -4.14. The summed E-state index contributed by atoms with van der Waals surface area (Å²) in [4.78, 5) is 18.4. The summed E-state index contributed by atoms with van der Waals surface area (Å²) >= 11 is 8.81. The van der Waals surface area contributed by atoms with E-state index in [-0.39, 0.29) is 0 Å². The van der Waals surface area contributed by atoms with Crippen molar-refractivity contribution in [1.29, 1.82) is 0 Å². The third-order valence-corrected chi connectivity index (χ3v) is 1.40. The van der Waals surface area contributed by atoms with Gasteiger partial charge in [0, 0.05) is 7.05 Å². The highest BCUT2D eigenvalue weighted by atomic mass is 35.9. The van der Waals surface area contributed by atoms with Crippen molar-refractivity contribution in [2.75, 3.05) is 7.05 Å². The molecule has 0 aromatic heterocycles. The minimum atomic E-state index is -3.69. The van der Waals surface area contributed by atoms with Gasteiger partial charge in [-0.3, -0.25) is 4.57 Å². The van der Waals surface area contributed by atoms with Crippen LogP contribution in [0.2, 0.25) is 0 Å². The predicted molar refractivity (Wildman–Crippen MR) is 67.8 cm³/mol. The van der Waals surface area contributed by atoms with E-state index in [9.17, 15) is 9.36 Å². The standard InChI is InChI=1S/C9H11NO2.Cl2HO2P/c1-7-4-3-5-8(6-7)12-9(11)10-2;1-5(2,3)4/h3-6H,1-2H3,(H,10,11);(H,3,4). The van der Waals surface area contributed by atoms with E-state index in [4.69, 9.17) is 9.63 Å². The fourth-order valence-electron chi connectivity index (χ4n) is 0.837. The highest BCUT2D eigenvalue weighted by Gasteiger charge is 2.02. The lowest BCUT2D eigenvalue weighted by molar-refractivity contribution is 0.203. The summed E-state index contributed by atoms with van der Waals surface area (Å²) in [5, 5.41) is 2.37. The molecule has 0 radical (unpaired) electrons. The molecule has 0 aliphatic carbocycles. The summed E-state index contributed by atoms with van der Waals surface area (Å²) in [6.45, 7) is 1.94. The van der Waals surface area contributed by atoms with Gasteiger partial charge in [0.2, 0.25) is 0 Å². The fraction of sp³-hybridized carbons (Fsp3) is 0.222. The van der Waals surface area contributed by atoms with Crippen LogP contribution in [0.1, 0.15) is 5.56 Å². The molecule has 1 amide bonds. The third kappa shape index (κ3) is 11.5. The van der Waals surface area contributed by atoms with Crippen LogP contribution in [0.25, 0.3) is 0 Å². The average Bonchev–Trinajstić information content (AvgIpc) is 2.15. The molecule has 2 N–H and O–H groups in total. The number of amides is 1. The molecule has 1 rings (SSSR count). The predicted octanol–water partition coefficient (Wildman–Crippen LogP) is 3.28. The van der Waals surface area contributed by atoms with E-state index in [2.05, 4.69) is 27.8 Å². The SMILES string of the molecule is CNC(=O)Oc1cccc(C)c1.O=P(O)(Cl)Cl. The normalized spacial score (nSPS) is 9.94. The molecule has 0 unspecified atom stereocenters. The Labute approximate surface area is 109 Å². The molecular weight excluding hydrogens is 288 g/mol. The summed E-state index contributed by atoms with van der Waals surface area (Å²) in [5.74, 6) is 0.564. The molecule has 0 aliphatic rings. The zero-order valence-electron chi connectivity index (χ0n) is 9.18. The van der Waals surface area contributed by atoms with Gasteiger partial charge in [-0.2, -0.15) is 0 Å². The van der Waals surface area contributed by atoms with Crippen molar-refractivity contribution in [1.82, 2.24) is 5.32 Å². The van der Waals surface area contributed by atoms with Gasteiger partial charge in [0.1, 0.15) is 5.75 Å². The first-order valence-corrected chi connectivity index (χ1v) is 7.87. The van der Waals surface area contributed by atoms with Crippen molar-refractivity contribution in [3.8, 4) is 5.75 Å². The van der Waals surface area contributed by atoms with Crippen molar-refractivity contribution < 1.29 is 19.0 Å². The highest BCUT2D eigenvalue weighted by Crippen LogP contribution is 2.51. The second-order valence-corrected chi connectivity index (χ2v) is 7.03. The Bertz CT molecular complexity index is 413. The van der Waals surface area contributed by atoms with Gasteiger partial charge in [0.05, 0.1) is 0 Å². The first kappa shape index (κ1) is 16.3. The van der Waals surface area contributed by atoms with E-state index in [0.29, 0.717) is 5.75 Å². The fourth-order valence-corrected chi connectivity index (χ4v) is 0.837. The maximum absolute atomic E-state index is 10.8. The Morgan fingerprint density at radius 3 is 2.41 bits per heavy atom. The van der Waals surface area contributed by atoms with Crippen LogP contribution in [-0.4, -0.2) is 18.0 Å². The monoisotopic (exact) mass is 299 g/mol. The van der Waals surface area contributed by atoms with Crippen molar-refractivity contribution in [3.63, 3.8) is 0 Å². The first-order valence-electron chi connectivity index (χ1n) is 4.40. The minimum absolute atomic E-state index is 0.444. The smallest absolute Gasteiger partial charge is 0.410 e. The third-order valence-electron chi connectivity index (χ3n) is 1.40. The number of carbonyl (C=O) groups is 1. The van der Waals surface area contributed by atoms with E-state index in [0.717, 1.165) is 5.56 Å². The van der Waals surface area contributed by atoms with Crippen LogP contribution >= 0.6 is 28.6 Å². The minimum Gasteiger partial charge on any atom is -0.410 e. The molecule has 0 saturated heterocycles. The number of hydrogen-bond donors (Lipinski definition) is 2. The number of ether oxygens (including phenoxy) is 1. The Morgan fingerprint density at radius 1 is 1.47 bits per heavy atom. The molecular formula is C9H12Cl2NO4P. The van der Waals surface area contributed by atoms with Gasteiger partial charge in [0.25, 0.3) is 0 Å². The van der Waals surface area contributed by atoms with Crippen LogP contribution in [0.5, 0.6) is 5.75 Å². The number of benzene rings is 1. The summed E-state index contributed by atoms with van der Waals surface area (Å²) in [7, 11) is 1.53. The molecule has 17 heavy (non-hydrogen) atoms. The summed E-state index contributed by atoms with van der Waals surface area (Å²) in [6, 6.07) is 7.32. The van der Waals surface area contributed by atoms with Crippen LogP contribution in [0.3, 0.4) is 0 Å². The molecule has 0 fully saturated rings. The molecule has 1 aromatic carbocycles. The maximum atomic E-state index is 10.8. The molecule has 0 atom stereocenters. The van der Waals surface area contributed by atoms with Gasteiger partial charge in [-0.05, 0) is 47.1 Å². The van der Waals surface area contributed by atoms with Crippen LogP contribution in [-0.2, 0) is 4.57 Å². The lowest BCUT2D eigenvalue weighted by Crippen LogP contribution is -2.21. The van der Waals surface area contributed by atoms with Gasteiger partial charge in [-0.25, -0.2) is 4.79 Å². The Kier molecular flexibility index (Phi) is 7.23. The number of nitrogens with one attached hydrogen (secondary N) is 1. The summed E-state index contributed by atoms with van der Waals surface area (Å²) < 4.78 is 14.2. The first-order chi connectivity index (χ1) is 7.72. The number of rotatable bonds is 1. The maximum Gasteiger partial charge on any atom is 0.412 e. The molecule has 8 heteroatoms. The van der Waals surface area contributed by atoms with Gasteiger partial charge >= 0.3 is 12.2 Å². The Hall–Kier alpha value is -0.740. The van der Waals surface area contributed by atoms with E-state index in [1.807, 2.05) is 19.1 Å². The van der Waals surface area contributed by atoms with Gasteiger partial charge in [-0.15, -0.1) is 0 Å². The van der Waals surface area contributed by atoms with Gasteiger partial charge in [0.15, 0.2) is 0 Å². The summed E-state index contributed by atoms with van der Waals surface area (Å²) in [5.41, 5.74) is 1.07. The molecule has 1 aromatic rings. The lowest BCUT2D eigenvalue weighted by atomic mass is 10.2. The van der Waals surface area contributed by atoms with Crippen LogP contribution in [0.4, 0.5) is 4.79 Å². The van der Waals surface area contributed by atoms with E-state index in [1.54, 1.807) is 12.1 Å². The Balaban J connectivity index is 0.000000437. The Morgan fingerprint density at radius 2 is 2.00 bits per heavy atom. The molecule has 5 nitrogen and oxygen atoms in total. The molecule has 0 bridgehead atoms. The quantitative estimate of drug-likeness (QED) is 0.780. The van der Waals surface area contributed by atoms with Crippen LogP contribution < -0.4 is 10.1 Å².